The molecule has 146 valence electrons. The summed E-state index contributed by atoms with van der Waals surface area (Å²) < 4.78 is 10.7. The molecule has 1 heterocycles. The van der Waals surface area contributed by atoms with E-state index in [1.807, 2.05) is 60.0 Å². The third-order valence-electron chi connectivity index (χ3n) is 4.27. The lowest BCUT2D eigenvalue weighted by Gasteiger charge is -2.22. The quantitative estimate of drug-likeness (QED) is 0.582. The van der Waals surface area contributed by atoms with E-state index >= 15 is 0 Å². The summed E-state index contributed by atoms with van der Waals surface area (Å²) >= 11 is 1.69. The molecule has 3 aromatic rings. The summed E-state index contributed by atoms with van der Waals surface area (Å²) in [6, 6.07) is 19.4. The zero-order chi connectivity index (χ0) is 19.8. The minimum atomic E-state index is -0.0697. The first-order valence-electron chi connectivity index (χ1n) is 8.98. The number of rotatable bonds is 9. The van der Waals surface area contributed by atoms with Crippen LogP contribution >= 0.6 is 11.3 Å². The minimum Gasteiger partial charge on any atom is -0.497 e. The van der Waals surface area contributed by atoms with E-state index < -0.39 is 0 Å². The van der Waals surface area contributed by atoms with Crippen LogP contribution in [0.25, 0.3) is 0 Å². The number of ether oxygens (including phenoxy) is 2. The van der Waals surface area contributed by atoms with Crippen LogP contribution in [-0.2, 0) is 17.9 Å². The second-order valence-electron chi connectivity index (χ2n) is 6.32. The number of hydrogen-bond acceptors (Lipinski definition) is 5. The van der Waals surface area contributed by atoms with Crippen molar-refractivity contribution in [1.82, 2.24) is 4.90 Å². The van der Waals surface area contributed by atoms with Crippen molar-refractivity contribution in [2.75, 3.05) is 26.1 Å². The number of carbonyl (C=O) groups excluding carboxylic acids is 1. The van der Waals surface area contributed by atoms with Crippen LogP contribution in [0.15, 0.2) is 66.0 Å². The highest BCUT2D eigenvalue weighted by molar-refractivity contribution is 7.09. The van der Waals surface area contributed by atoms with Crippen LogP contribution in [0.2, 0.25) is 0 Å². The van der Waals surface area contributed by atoms with Crippen molar-refractivity contribution in [1.29, 1.82) is 0 Å². The Labute approximate surface area is 169 Å². The van der Waals surface area contributed by atoms with Gasteiger partial charge in [-0.15, -0.1) is 11.3 Å². The fourth-order valence-corrected chi connectivity index (χ4v) is 3.72. The Morgan fingerprint density at radius 1 is 1.00 bits per heavy atom. The zero-order valence-corrected chi connectivity index (χ0v) is 16.9. The maximum atomic E-state index is 12.7. The first-order valence-corrected chi connectivity index (χ1v) is 9.86. The summed E-state index contributed by atoms with van der Waals surface area (Å²) in [6.45, 7) is 1.59. The fraction of sp³-hybridized carbons (Fsp3) is 0.227. The number of hydrogen-bond donors (Lipinski definition) is 1. The summed E-state index contributed by atoms with van der Waals surface area (Å²) in [5.74, 6) is 1.47. The predicted octanol–water partition coefficient (Wildman–Crippen LogP) is 4.41. The highest BCUT2D eigenvalue weighted by Gasteiger charge is 2.15. The van der Waals surface area contributed by atoms with Gasteiger partial charge in [0.15, 0.2) is 0 Å². The van der Waals surface area contributed by atoms with E-state index in [-0.39, 0.29) is 12.5 Å². The number of nitrogens with zero attached hydrogens (tertiary/aromatic N) is 1. The van der Waals surface area contributed by atoms with Crippen LogP contribution < -0.4 is 14.8 Å². The summed E-state index contributed by atoms with van der Waals surface area (Å²) in [4.78, 5) is 16.0. The van der Waals surface area contributed by atoms with Crippen LogP contribution in [0.3, 0.4) is 0 Å². The third kappa shape index (κ3) is 5.58. The summed E-state index contributed by atoms with van der Waals surface area (Å²) in [5.41, 5.74) is 1.77. The Morgan fingerprint density at radius 3 is 2.61 bits per heavy atom. The molecule has 0 aliphatic heterocycles. The van der Waals surface area contributed by atoms with Crippen molar-refractivity contribution in [2.24, 2.45) is 0 Å². The van der Waals surface area contributed by atoms with Crippen molar-refractivity contribution in [3.05, 3.63) is 76.5 Å². The SMILES string of the molecule is COc1cccc(NC(=O)CN(Cc2cccs2)Cc2ccccc2OC)c1. The molecule has 0 unspecified atom stereocenters. The van der Waals surface area contributed by atoms with Gasteiger partial charge < -0.3 is 14.8 Å². The van der Waals surface area contributed by atoms with E-state index in [1.165, 1.54) is 4.88 Å². The third-order valence-corrected chi connectivity index (χ3v) is 5.13. The van der Waals surface area contributed by atoms with Crippen molar-refractivity contribution >= 4 is 22.9 Å². The molecule has 0 bridgehead atoms. The largest absolute Gasteiger partial charge is 0.497 e. The lowest BCUT2D eigenvalue weighted by Crippen LogP contribution is -2.32. The van der Waals surface area contributed by atoms with Crippen LogP contribution in [0.5, 0.6) is 11.5 Å². The second kappa shape index (κ2) is 9.92. The van der Waals surface area contributed by atoms with Crippen LogP contribution in [0, 0.1) is 0 Å². The molecule has 0 spiro atoms. The molecular weight excluding hydrogens is 372 g/mol. The van der Waals surface area contributed by atoms with Crippen molar-refractivity contribution in [2.45, 2.75) is 13.1 Å². The van der Waals surface area contributed by atoms with Gasteiger partial charge in [-0.3, -0.25) is 9.69 Å². The lowest BCUT2D eigenvalue weighted by atomic mass is 10.2. The molecule has 28 heavy (non-hydrogen) atoms. The van der Waals surface area contributed by atoms with Crippen molar-refractivity contribution in [3.63, 3.8) is 0 Å². The highest BCUT2D eigenvalue weighted by atomic mass is 32.1. The van der Waals surface area contributed by atoms with E-state index in [4.69, 9.17) is 9.47 Å². The monoisotopic (exact) mass is 396 g/mol. The molecule has 0 atom stereocenters. The molecule has 0 aliphatic carbocycles. The van der Waals surface area contributed by atoms with E-state index in [0.717, 1.165) is 17.0 Å². The fourth-order valence-electron chi connectivity index (χ4n) is 2.97. The van der Waals surface area contributed by atoms with E-state index in [1.54, 1.807) is 25.6 Å². The Kier molecular flexibility index (Phi) is 7.06. The van der Waals surface area contributed by atoms with Gasteiger partial charge in [-0.1, -0.05) is 30.3 Å². The van der Waals surface area contributed by atoms with Gasteiger partial charge in [-0.05, 0) is 29.6 Å². The highest BCUT2D eigenvalue weighted by Crippen LogP contribution is 2.22. The molecule has 0 saturated carbocycles. The number of anilines is 1. The normalized spacial score (nSPS) is 10.7. The molecule has 0 fully saturated rings. The van der Waals surface area contributed by atoms with Crippen LogP contribution in [-0.4, -0.2) is 31.6 Å². The first-order chi connectivity index (χ1) is 13.7. The zero-order valence-electron chi connectivity index (χ0n) is 16.1. The van der Waals surface area contributed by atoms with Gasteiger partial charge in [0, 0.05) is 35.3 Å². The topological polar surface area (TPSA) is 50.8 Å². The van der Waals surface area contributed by atoms with Crippen LogP contribution in [0.1, 0.15) is 10.4 Å². The number of methoxy groups -OCH3 is 2. The van der Waals surface area contributed by atoms with Gasteiger partial charge in [0.05, 0.1) is 20.8 Å². The smallest absolute Gasteiger partial charge is 0.238 e. The van der Waals surface area contributed by atoms with E-state index in [9.17, 15) is 4.79 Å². The maximum absolute atomic E-state index is 12.7. The van der Waals surface area contributed by atoms with Gasteiger partial charge in [0.1, 0.15) is 11.5 Å². The summed E-state index contributed by atoms with van der Waals surface area (Å²) in [7, 11) is 3.27. The molecule has 3 rings (SSSR count). The summed E-state index contributed by atoms with van der Waals surface area (Å²) in [5, 5.41) is 5.00. The Bertz CT molecular complexity index is 896. The van der Waals surface area contributed by atoms with Gasteiger partial charge in [-0.2, -0.15) is 0 Å². The number of thiophene rings is 1. The maximum Gasteiger partial charge on any atom is 0.238 e. The molecule has 5 nitrogen and oxygen atoms in total. The van der Waals surface area contributed by atoms with E-state index in [2.05, 4.69) is 16.3 Å². The Hall–Kier alpha value is -2.83. The molecule has 1 aromatic heterocycles. The van der Waals surface area contributed by atoms with Crippen LogP contribution in [0.4, 0.5) is 5.69 Å². The standard InChI is InChI=1S/C22H24N2O3S/c1-26-19-9-5-8-18(13-19)23-22(25)16-24(15-20-10-6-12-28-20)14-17-7-3-4-11-21(17)27-2/h3-13H,14-16H2,1-2H3,(H,23,25). The van der Waals surface area contributed by atoms with Gasteiger partial charge >= 0.3 is 0 Å². The predicted molar refractivity (Wildman–Crippen MR) is 113 cm³/mol. The Balaban J connectivity index is 1.71. The lowest BCUT2D eigenvalue weighted by molar-refractivity contribution is -0.117. The molecule has 1 amide bonds. The van der Waals surface area contributed by atoms with Crippen molar-refractivity contribution < 1.29 is 14.3 Å². The molecule has 0 aliphatic rings. The number of benzene rings is 2. The minimum absolute atomic E-state index is 0.0697. The average molecular weight is 397 g/mol. The molecule has 6 heteroatoms. The van der Waals surface area contributed by atoms with Gasteiger partial charge in [0.25, 0.3) is 0 Å². The average Bonchev–Trinajstić information content (AvgIpc) is 3.21. The molecule has 0 radical (unpaired) electrons. The molecule has 0 saturated heterocycles. The molecular formula is C22H24N2O3S. The van der Waals surface area contributed by atoms with Gasteiger partial charge in [-0.25, -0.2) is 0 Å². The Morgan fingerprint density at radius 2 is 1.86 bits per heavy atom. The second-order valence-corrected chi connectivity index (χ2v) is 7.35. The number of nitrogens with one attached hydrogen (secondary N) is 1. The van der Waals surface area contributed by atoms with E-state index in [0.29, 0.717) is 18.8 Å². The number of amides is 1. The number of carbonyl (C=O) groups is 1. The summed E-state index contributed by atoms with van der Waals surface area (Å²) in [6.07, 6.45) is 0. The molecule has 1 N–H and O–H groups in total. The van der Waals surface area contributed by atoms with Crippen molar-refractivity contribution in [3.8, 4) is 11.5 Å². The molecule has 2 aromatic carbocycles. The first kappa shape index (κ1) is 19.9. The number of para-hydroxylation sites is 1. The van der Waals surface area contributed by atoms with Gasteiger partial charge in [0.2, 0.25) is 5.91 Å².